The highest BCUT2D eigenvalue weighted by Crippen LogP contribution is 2.29. The summed E-state index contributed by atoms with van der Waals surface area (Å²) >= 11 is 0. The van der Waals surface area contributed by atoms with E-state index in [9.17, 15) is 0 Å². The smallest absolute Gasteiger partial charge is 0.0414 e. The molecule has 0 fully saturated rings. The van der Waals surface area contributed by atoms with Crippen molar-refractivity contribution in [3.8, 4) is 0 Å². The Hall–Kier alpha value is 0. The van der Waals surface area contributed by atoms with Gasteiger partial charge in [-0.2, -0.15) is 0 Å². The van der Waals surface area contributed by atoms with Crippen LogP contribution in [0.5, 0.6) is 0 Å². The lowest BCUT2D eigenvalue weighted by Crippen LogP contribution is -2.13. The first kappa shape index (κ1) is 54.3. The Morgan fingerprint density at radius 3 is 0.780 bits per heavy atom. The van der Waals surface area contributed by atoms with E-state index < -0.39 is 0 Å². The van der Waals surface area contributed by atoms with Gasteiger partial charge in [-0.1, -0.05) is 203 Å². The molecule has 0 aliphatic carbocycles. The van der Waals surface area contributed by atoms with E-state index in [2.05, 4.69) is 138 Å². The van der Waals surface area contributed by atoms with Gasteiger partial charge < -0.3 is 0 Å². The Bertz CT molecular complexity index is 634. The van der Waals surface area contributed by atoms with Crippen molar-refractivity contribution in [1.82, 2.24) is 0 Å². The van der Waals surface area contributed by atoms with Gasteiger partial charge in [0.05, 0.1) is 0 Å². The monoisotopic (exact) mass is 707 g/mol. The minimum atomic E-state index is 0.859. The molecule has 0 heterocycles. The average Bonchev–Trinajstić information content (AvgIpc) is 3.01. The third kappa shape index (κ3) is 36.4. The standard InChI is InChI=1S/2C17H36.C16H34/c2*1-8-14(4)12-17(7)16(6)10-9-15(5)11-13(2)3;1-7-14(4)12-16(6)10-8-9-15(5)11-13(2)3/h2*13-17H,8-12H2,1-7H3;13-16H,7-12H2,1-6H3. The van der Waals surface area contributed by atoms with Crippen molar-refractivity contribution in [3.05, 3.63) is 0 Å². The SMILES string of the molecule is CCC(C)CC(C)C(C)CCC(C)CC(C)C.CCC(C)CC(C)C(C)CCC(C)CC(C)C.CCC(C)CC(C)CCCC(C)CC(C)C. The molecule has 0 spiro atoms. The molecule has 0 aliphatic heterocycles. The van der Waals surface area contributed by atoms with Crippen LogP contribution in [0.25, 0.3) is 0 Å². The van der Waals surface area contributed by atoms with Gasteiger partial charge in [0.1, 0.15) is 0 Å². The predicted octanol–water partition coefficient (Wildman–Crippen LogP) is 18.2. The second-order valence-electron chi connectivity index (χ2n) is 20.6. The average molecular weight is 707 g/mol. The van der Waals surface area contributed by atoms with Crippen LogP contribution in [0.4, 0.5) is 0 Å². The van der Waals surface area contributed by atoms with E-state index in [1.54, 1.807) is 0 Å². The molecule has 0 bridgehead atoms. The summed E-state index contributed by atoms with van der Waals surface area (Å²) in [5.74, 6) is 12.6. The number of hydrogen-bond donors (Lipinski definition) is 0. The fourth-order valence-electron chi connectivity index (χ4n) is 8.29. The summed E-state index contributed by atoms with van der Waals surface area (Å²) in [6, 6.07) is 0. The highest BCUT2D eigenvalue weighted by Gasteiger charge is 2.17. The third-order valence-corrected chi connectivity index (χ3v) is 12.6. The summed E-state index contributed by atoms with van der Waals surface area (Å²) in [6.07, 6.45) is 22.4. The summed E-state index contributed by atoms with van der Waals surface area (Å²) in [4.78, 5) is 0. The van der Waals surface area contributed by atoms with E-state index in [4.69, 9.17) is 0 Å². The first-order valence-electron chi connectivity index (χ1n) is 23.2. The van der Waals surface area contributed by atoms with E-state index in [1.165, 1.54) is 103 Å². The summed E-state index contributed by atoms with van der Waals surface area (Å²) in [5, 5.41) is 0. The van der Waals surface area contributed by atoms with E-state index in [0.717, 1.165) is 82.9 Å². The molecule has 0 heteroatoms. The van der Waals surface area contributed by atoms with Gasteiger partial charge in [-0.3, -0.25) is 0 Å². The van der Waals surface area contributed by atoms with Gasteiger partial charge in [-0.05, 0) is 121 Å². The summed E-state index contributed by atoms with van der Waals surface area (Å²) in [6.45, 7) is 47.6. The van der Waals surface area contributed by atoms with E-state index in [-0.39, 0.29) is 0 Å². The molecule has 0 aromatic rings. The van der Waals surface area contributed by atoms with Crippen LogP contribution in [0.1, 0.15) is 241 Å². The van der Waals surface area contributed by atoms with Gasteiger partial charge in [0.15, 0.2) is 0 Å². The molecule has 0 radical (unpaired) electrons. The maximum atomic E-state index is 2.45. The van der Waals surface area contributed by atoms with Gasteiger partial charge in [0.2, 0.25) is 0 Å². The van der Waals surface area contributed by atoms with Crippen LogP contribution in [-0.4, -0.2) is 0 Å². The van der Waals surface area contributed by atoms with Gasteiger partial charge in [0, 0.05) is 0 Å². The largest absolute Gasteiger partial charge is 0.0651 e. The van der Waals surface area contributed by atoms with Gasteiger partial charge in [-0.25, -0.2) is 0 Å². The molecule has 0 amide bonds. The Morgan fingerprint density at radius 1 is 0.240 bits per heavy atom. The summed E-state index contributed by atoms with van der Waals surface area (Å²) in [5.41, 5.74) is 0. The Kier molecular flexibility index (Phi) is 36.5. The maximum absolute atomic E-state index is 2.45. The molecule has 11 atom stereocenters. The zero-order valence-electron chi connectivity index (χ0n) is 39.4. The fourth-order valence-corrected chi connectivity index (χ4v) is 8.29. The molecule has 11 unspecified atom stereocenters. The Morgan fingerprint density at radius 2 is 0.500 bits per heavy atom. The van der Waals surface area contributed by atoms with Crippen molar-refractivity contribution in [3.63, 3.8) is 0 Å². The van der Waals surface area contributed by atoms with Crippen LogP contribution in [0.2, 0.25) is 0 Å². The van der Waals surface area contributed by atoms with E-state index in [1.807, 2.05) is 0 Å². The van der Waals surface area contributed by atoms with Crippen LogP contribution < -0.4 is 0 Å². The van der Waals surface area contributed by atoms with Gasteiger partial charge in [-0.15, -0.1) is 0 Å². The molecule has 0 saturated heterocycles. The van der Waals surface area contributed by atoms with Crippen molar-refractivity contribution < 1.29 is 0 Å². The molecule has 50 heavy (non-hydrogen) atoms. The molecule has 306 valence electrons. The lowest BCUT2D eigenvalue weighted by molar-refractivity contribution is 0.272. The van der Waals surface area contributed by atoms with Crippen LogP contribution in [-0.2, 0) is 0 Å². The highest BCUT2D eigenvalue weighted by atomic mass is 14.2. The van der Waals surface area contributed by atoms with Crippen LogP contribution >= 0.6 is 0 Å². The predicted molar refractivity (Wildman–Crippen MR) is 236 cm³/mol. The second kappa shape index (κ2) is 33.6. The zero-order chi connectivity index (χ0) is 39.4. The maximum Gasteiger partial charge on any atom is -0.0414 e. The van der Waals surface area contributed by atoms with Crippen LogP contribution in [0.15, 0.2) is 0 Å². The van der Waals surface area contributed by atoms with E-state index in [0.29, 0.717) is 0 Å². The molecule has 0 saturated carbocycles. The molecule has 0 nitrogen and oxygen atoms in total. The molecule has 0 N–H and O–H groups in total. The molecule has 0 aromatic heterocycles. The molecule has 0 rings (SSSR count). The van der Waals surface area contributed by atoms with Crippen LogP contribution in [0.3, 0.4) is 0 Å². The fraction of sp³-hybridized carbons (Fsp3) is 1.00. The molecular formula is C50H106. The van der Waals surface area contributed by atoms with Gasteiger partial charge in [0.25, 0.3) is 0 Å². The van der Waals surface area contributed by atoms with Crippen molar-refractivity contribution in [2.24, 2.45) is 82.9 Å². The second-order valence-corrected chi connectivity index (χ2v) is 20.6. The van der Waals surface area contributed by atoms with Crippen molar-refractivity contribution in [2.45, 2.75) is 241 Å². The number of rotatable bonds is 27. The molecule has 0 aromatic carbocycles. The first-order chi connectivity index (χ1) is 23.2. The minimum Gasteiger partial charge on any atom is -0.0651 e. The van der Waals surface area contributed by atoms with Gasteiger partial charge >= 0.3 is 0 Å². The lowest BCUT2D eigenvalue weighted by atomic mass is 9.82. The third-order valence-electron chi connectivity index (χ3n) is 12.6. The Balaban J connectivity index is -0.000000663. The van der Waals surface area contributed by atoms with E-state index >= 15 is 0 Å². The van der Waals surface area contributed by atoms with Crippen LogP contribution in [0, 0.1) is 82.9 Å². The molecule has 0 aliphatic rings. The van der Waals surface area contributed by atoms with Crippen molar-refractivity contribution in [1.29, 1.82) is 0 Å². The lowest BCUT2D eigenvalue weighted by Gasteiger charge is -2.24. The van der Waals surface area contributed by atoms with Crippen molar-refractivity contribution >= 4 is 0 Å². The Labute approximate surface area is 323 Å². The zero-order valence-corrected chi connectivity index (χ0v) is 39.4. The van der Waals surface area contributed by atoms with Crippen molar-refractivity contribution in [2.75, 3.05) is 0 Å². The topological polar surface area (TPSA) is 0 Å². The minimum absolute atomic E-state index is 0.859. The molecular weight excluding hydrogens is 601 g/mol. The first-order valence-corrected chi connectivity index (χ1v) is 23.2. The highest BCUT2D eigenvalue weighted by molar-refractivity contribution is 4.69. The summed E-state index contributed by atoms with van der Waals surface area (Å²) < 4.78 is 0. The number of hydrogen-bond acceptors (Lipinski definition) is 0. The normalized spacial score (nSPS) is 18.5. The summed E-state index contributed by atoms with van der Waals surface area (Å²) in [7, 11) is 0. The quantitative estimate of drug-likeness (QED) is 0.0798.